The van der Waals surface area contributed by atoms with Gasteiger partial charge in [-0.1, -0.05) is 53.9 Å². The molecule has 3 heteroatoms. The number of rotatable bonds is 6. The highest BCUT2D eigenvalue weighted by Crippen LogP contribution is 2.72. The van der Waals surface area contributed by atoms with Crippen LogP contribution < -0.4 is 0 Å². The zero-order valence-electron chi connectivity index (χ0n) is 20.1. The van der Waals surface area contributed by atoms with Crippen LogP contribution in [0.5, 0.6) is 0 Å². The number of aliphatic hydroxyl groups is 2. The van der Waals surface area contributed by atoms with Gasteiger partial charge in [0.2, 0.25) is 0 Å². The number of carbonyl (C=O) groups excluding carboxylic acids is 1. The van der Waals surface area contributed by atoms with E-state index in [0.717, 1.165) is 43.3 Å². The van der Waals surface area contributed by atoms with Crippen LogP contribution in [-0.4, -0.2) is 28.2 Å². The first-order valence-electron chi connectivity index (χ1n) is 12.9. The summed E-state index contributed by atoms with van der Waals surface area (Å²) in [5.74, 6) is 3.25. The lowest BCUT2D eigenvalue weighted by atomic mass is 9.53. The van der Waals surface area contributed by atoms with E-state index in [9.17, 15) is 15.0 Å². The zero-order valence-corrected chi connectivity index (χ0v) is 20.1. The van der Waals surface area contributed by atoms with Gasteiger partial charge >= 0.3 is 0 Å². The minimum Gasteiger partial charge on any atom is -0.393 e. The average Bonchev–Trinajstić information content (AvgIpc) is 3.11. The highest BCUT2D eigenvalue weighted by molar-refractivity contribution is 5.59. The molecular weight excluding hydrogens is 372 g/mol. The molecule has 0 heterocycles. The highest BCUT2D eigenvalue weighted by Gasteiger charge is 2.72. The molecule has 0 saturated heterocycles. The summed E-state index contributed by atoms with van der Waals surface area (Å²) in [6.45, 7) is 11.9. The second-order valence-corrected chi connectivity index (χ2v) is 12.7. The Morgan fingerprint density at radius 3 is 2.40 bits per heavy atom. The molecule has 0 spiro atoms. The molecule has 172 valence electrons. The molecule has 0 aromatic carbocycles. The minimum atomic E-state index is -1.02. The lowest BCUT2D eigenvalue weighted by Crippen LogP contribution is -2.54. The van der Waals surface area contributed by atoms with E-state index in [1.807, 2.05) is 0 Å². The largest absolute Gasteiger partial charge is 0.393 e. The number of carbonyl (C=O) groups is 1. The molecule has 0 aromatic heterocycles. The van der Waals surface area contributed by atoms with Crippen LogP contribution in [0.2, 0.25) is 0 Å². The third kappa shape index (κ3) is 3.16. The van der Waals surface area contributed by atoms with Crippen molar-refractivity contribution in [3.63, 3.8) is 0 Å². The maximum absolute atomic E-state index is 12.4. The molecule has 0 aromatic rings. The van der Waals surface area contributed by atoms with Crippen LogP contribution in [0.1, 0.15) is 98.8 Å². The zero-order chi connectivity index (χ0) is 21.9. The summed E-state index contributed by atoms with van der Waals surface area (Å²) in [4.78, 5) is 12.4. The van der Waals surface area contributed by atoms with E-state index in [2.05, 4.69) is 34.6 Å². The molecule has 4 aliphatic rings. The second-order valence-electron chi connectivity index (χ2n) is 12.7. The summed E-state index contributed by atoms with van der Waals surface area (Å²) in [6.07, 6.45) is 11.5. The van der Waals surface area contributed by atoms with Gasteiger partial charge in [0.1, 0.15) is 6.29 Å². The van der Waals surface area contributed by atoms with Gasteiger partial charge < -0.3 is 15.0 Å². The van der Waals surface area contributed by atoms with E-state index in [-0.39, 0.29) is 11.3 Å². The maximum atomic E-state index is 12.4. The van der Waals surface area contributed by atoms with Crippen LogP contribution in [0.15, 0.2) is 0 Å². The van der Waals surface area contributed by atoms with Gasteiger partial charge in [-0.05, 0) is 79.4 Å². The van der Waals surface area contributed by atoms with Crippen LogP contribution in [0.4, 0.5) is 0 Å². The molecule has 0 amide bonds. The number of hydrogen-bond donors (Lipinski definition) is 2. The normalized spacial score (nSPS) is 51.3. The van der Waals surface area contributed by atoms with Gasteiger partial charge in [0.05, 0.1) is 11.7 Å². The van der Waals surface area contributed by atoms with E-state index in [4.69, 9.17) is 0 Å². The van der Waals surface area contributed by atoms with Crippen molar-refractivity contribution in [1.29, 1.82) is 0 Å². The minimum absolute atomic E-state index is 0.217. The van der Waals surface area contributed by atoms with Gasteiger partial charge in [0.25, 0.3) is 0 Å². The summed E-state index contributed by atoms with van der Waals surface area (Å²) in [5.41, 5.74) is -0.933. The van der Waals surface area contributed by atoms with Crippen LogP contribution >= 0.6 is 0 Å². The first-order valence-corrected chi connectivity index (χ1v) is 12.9. The van der Waals surface area contributed by atoms with Crippen molar-refractivity contribution in [2.24, 2.45) is 52.3 Å². The molecule has 4 fully saturated rings. The molecule has 4 rings (SSSR count). The molecule has 3 nitrogen and oxygen atoms in total. The Morgan fingerprint density at radius 2 is 1.73 bits per heavy atom. The standard InChI is InChI=1S/C27H46O3/c1-17(2)7-6-8-18(3)20-9-10-21-24-22(12-13-25(20,21)4)26(5)14-11-19(29)15-27(26,30)23(24)16-28/h16-24,29-30H,6-15H2,1-5H3/t18-,19+,20-,21+,22+,23?,24+,25-,26-,27?/m1/s1. The van der Waals surface area contributed by atoms with Crippen LogP contribution in [0, 0.1) is 52.3 Å². The number of aldehydes is 1. The third-order valence-electron chi connectivity index (χ3n) is 11.0. The molecule has 0 bridgehead atoms. The number of fused-ring (bicyclic) bond motifs is 5. The topological polar surface area (TPSA) is 57.5 Å². The first kappa shape index (κ1) is 22.8. The van der Waals surface area contributed by atoms with Gasteiger partial charge in [-0.25, -0.2) is 0 Å². The Hall–Kier alpha value is -0.410. The van der Waals surface area contributed by atoms with Crippen molar-refractivity contribution in [2.75, 3.05) is 0 Å². The predicted octanol–water partition coefficient (Wildman–Crippen LogP) is 5.62. The Bertz CT molecular complexity index is 646. The van der Waals surface area contributed by atoms with Gasteiger partial charge in [0, 0.05) is 17.8 Å². The van der Waals surface area contributed by atoms with Crippen molar-refractivity contribution in [2.45, 2.75) is 111 Å². The lowest BCUT2D eigenvalue weighted by molar-refractivity contribution is -0.156. The third-order valence-corrected chi connectivity index (χ3v) is 11.0. The molecule has 4 aliphatic carbocycles. The molecule has 2 N–H and O–H groups in total. The molecule has 4 saturated carbocycles. The van der Waals surface area contributed by atoms with Gasteiger partial charge in [0.15, 0.2) is 0 Å². The molecular formula is C27H46O3. The smallest absolute Gasteiger partial charge is 0.126 e. The van der Waals surface area contributed by atoms with Crippen molar-refractivity contribution in [3.8, 4) is 0 Å². The Morgan fingerprint density at radius 1 is 1.00 bits per heavy atom. The SMILES string of the molecule is CC(C)CCC[C@@H](C)[C@H]1CC[C@H]2[C@@H]3C(C=O)C4(O)C[C@@H](O)CC[C@]4(C)[C@H]3CC[C@]12C. The summed E-state index contributed by atoms with van der Waals surface area (Å²) < 4.78 is 0. The maximum Gasteiger partial charge on any atom is 0.126 e. The molecule has 0 radical (unpaired) electrons. The summed E-state index contributed by atoms with van der Waals surface area (Å²) in [7, 11) is 0. The quantitative estimate of drug-likeness (QED) is 0.551. The van der Waals surface area contributed by atoms with Gasteiger partial charge in [-0.3, -0.25) is 0 Å². The van der Waals surface area contributed by atoms with E-state index in [1.165, 1.54) is 38.5 Å². The fourth-order valence-electron chi connectivity index (χ4n) is 9.39. The fourth-order valence-corrected chi connectivity index (χ4v) is 9.39. The number of aliphatic hydroxyl groups excluding tert-OH is 1. The lowest BCUT2D eigenvalue weighted by Gasteiger charge is -2.52. The average molecular weight is 419 g/mol. The molecule has 2 unspecified atom stereocenters. The van der Waals surface area contributed by atoms with E-state index in [1.54, 1.807) is 0 Å². The Kier molecular flexibility index (Phi) is 5.97. The van der Waals surface area contributed by atoms with Crippen LogP contribution in [-0.2, 0) is 4.79 Å². The summed E-state index contributed by atoms with van der Waals surface area (Å²) >= 11 is 0. The Balaban J connectivity index is 1.59. The molecule has 10 atom stereocenters. The first-order chi connectivity index (χ1) is 14.1. The fraction of sp³-hybridized carbons (Fsp3) is 0.963. The van der Waals surface area contributed by atoms with Crippen molar-refractivity contribution in [3.05, 3.63) is 0 Å². The summed E-state index contributed by atoms with van der Waals surface area (Å²) in [5, 5.41) is 22.3. The van der Waals surface area contributed by atoms with Crippen molar-refractivity contribution >= 4 is 6.29 Å². The van der Waals surface area contributed by atoms with Crippen molar-refractivity contribution in [1.82, 2.24) is 0 Å². The van der Waals surface area contributed by atoms with Crippen LogP contribution in [0.25, 0.3) is 0 Å². The Labute approximate surface area is 184 Å². The number of hydrogen-bond acceptors (Lipinski definition) is 3. The monoisotopic (exact) mass is 418 g/mol. The second kappa shape index (κ2) is 7.87. The van der Waals surface area contributed by atoms with Crippen LogP contribution in [0.3, 0.4) is 0 Å². The molecule has 30 heavy (non-hydrogen) atoms. The molecule has 0 aliphatic heterocycles. The van der Waals surface area contributed by atoms with E-state index in [0.29, 0.717) is 29.6 Å². The van der Waals surface area contributed by atoms with Crippen molar-refractivity contribution < 1.29 is 15.0 Å². The van der Waals surface area contributed by atoms with Gasteiger partial charge in [-0.15, -0.1) is 0 Å². The highest BCUT2D eigenvalue weighted by atomic mass is 16.3. The predicted molar refractivity (Wildman–Crippen MR) is 121 cm³/mol. The summed E-state index contributed by atoms with van der Waals surface area (Å²) in [6, 6.07) is 0. The van der Waals surface area contributed by atoms with Gasteiger partial charge in [-0.2, -0.15) is 0 Å². The van der Waals surface area contributed by atoms with E-state index < -0.39 is 11.7 Å². The van der Waals surface area contributed by atoms with E-state index >= 15 is 0 Å².